The van der Waals surface area contributed by atoms with Gasteiger partial charge in [-0.3, -0.25) is 14.5 Å². The molecule has 6 nitrogen and oxygen atoms in total. The van der Waals surface area contributed by atoms with Gasteiger partial charge in [-0.1, -0.05) is 29.3 Å². The predicted molar refractivity (Wildman–Crippen MR) is 101 cm³/mol. The predicted octanol–water partition coefficient (Wildman–Crippen LogP) is 4.64. The van der Waals surface area contributed by atoms with Gasteiger partial charge in [-0.05, 0) is 44.2 Å². The van der Waals surface area contributed by atoms with E-state index in [4.69, 9.17) is 23.2 Å². The number of amides is 4. The van der Waals surface area contributed by atoms with Crippen LogP contribution in [0.1, 0.15) is 34.6 Å². The minimum absolute atomic E-state index is 0.246. The maximum atomic E-state index is 12.4. The molecule has 0 radical (unpaired) electrons. The van der Waals surface area contributed by atoms with Gasteiger partial charge in [0, 0.05) is 11.7 Å². The molecule has 0 atom stereocenters. The molecule has 1 aliphatic heterocycles. The van der Waals surface area contributed by atoms with Crippen molar-refractivity contribution < 1.29 is 14.4 Å². The van der Waals surface area contributed by atoms with Crippen molar-refractivity contribution in [3.8, 4) is 0 Å². The first-order valence-corrected chi connectivity index (χ1v) is 8.59. The van der Waals surface area contributed by atoms with Gasteiger partial charge in [-0.2, -0.15) is 0 Å². The molecule has 0 saturated heterocycles. The monoisotopic (exact) mass is 391 g/mol. The highest BCUT2D eigenvalue weighted by molar-refractivity contribution is 6.39. The number of urea groups is 1. The molecule has 2 aromatic carbocycles. The second-order valence-electron chi connectivity index (χ2n) is 6.01. The molecule has 0 aliphatic carbocycles. The van der Waals surface area contributed by atoms with Crippen LogP contribution in [0.15, 0.2) is 36.4 Å². The van der Waals surface area contributed by atoms with Gasteiger partial charge < -0.3 is 10.6 Å². The van der Waals surface area contributed by atoms with Crippen molar-refractivity contribution in [1.29, 1.82) is 0 Å². The lowest BCUT2D eigenvalue weighted by molar-refractivity contribution is 0.0609. The van der Waals surface area contributed by atoms with E-state index in [0.717, 1.165) is 0 Å². The Balaban J connectivity index is 1.80. The first-order valence-electron chi connectivity index (χ1n) is 7.83. The third kappa shape index (κ3) is 3.25. The number of hydrogen-bond acceptors (Lipinski definition) is 3. The van der Waals surface area contributed by atoms with Crippen LogP contribution in [-0.2, 0) is 0 Å². The summed E-state index contributed by atoms with van der Waals surface area (Å²) in [6.45, 7) is 3.53. The molecule has 0 unspecified atom stereocenters. The van der Waals surface area contributed by atoms with Gasteiger partial charge in [-0.15, -0.1) is 0 Å². The highest BCUT2D eigenvalue weighted by atomic mass is 35.5. The van der Waals surface area contributed by atoms with Crippen molar-refractivity contribution in [2.75, 3.05) is 10.6 Å². The molecule has 0 spiro atoms. The molecule has 4 amide bonds. The lowest BCUT2D eigenvalue weighted by Gasteiger charge is -2.17. The Labute approximate surface area is 160 Å². The van der Waals surface area contributed by atoms with Crippen LogP contribution in [-0.4, -0.2) is 28.8 Å². The number of anilines is 2. The van der Waals surface area contributed by atoms with E-state index in [0.29, 0.717) is 21.3 Å². The van der Waals surface area contributed by atoms with E-state index in [1.54, 1.807) is 38.1 Å². The normalized spacial score (nSPS) is 13.2. The molecule has 2 aromatic rings. The van der Waals surface area contributed by atoms with Crippen molar-refractivity contribution in [2.45, 2.75) is 19.9 Å². The number of nitrogens with zero attached hydrogens (tertiary/aromatic N) is 1. The summed E-state index contributed by atoms with van der Waals surface area (Å²) in [6.07, 6.45) is 0. The topological polar surface area (TPSA) is 78.5 Å². The van der Waals surface area contributed by atoms with Crippen LogP contribution in [0.5, 0.6) is 0 Å². The summed E-state index contributed by atoms with van der Waals surface area (Å²) in [4.78, 5) is 38.1. The average Bonchev–Trinajstić information content (AvgIpc) is 2.82. The second kappa shape index (κ2) is 6.97. The van der Waals surface area contributed by atoms with E-state index in [-0.39, 0.29) is 29.1 Å². The fourth-order valence-corrected chi connectivity index (χ4v) is 3.19. The Bertz CT molecular complexity index is 908. The van der Waals surface area contributed by atoms with Crippen molar-refractivity contribution >= 4 is 52.4 Å². The minimum Gasteiger partial charge on any atom is -0.308 e. The van der Waals surface area contributed by atoms with E-state index in [1.165, 1.54) is 17.0 Å². The number of halogens is 2. The largest absolute Gasteiger partial charge is 0.323 e. The van der Waals surface area contributed by atoms with Crippen LogP contribution in [0.3, 0.4) is 0 Å². The molecular weight excluding hydrogens is 377 g/mol. The fourth-order valence-electron chi connectivity index (χ4n) is 2.70. The quantitative estimate of drug-likeness (QED) is 0.747. The van der Waals surface area contributed by atoms with E-state index < -0.39 is 6.03 Å². The van der Waals surface area contributed by atoms with Gasteiger partial charge in [0.05, 0.1) is 26.9 Å². The minimum atomic E-state index is -0.572. The van der Waals surface area contributed by atoms with Gasteiger partial charge >= 0.3 is 6.03 Å². The third-order valence-corrected chi connectivity index (χ3v) is 4.52. The summed E-state index contributed by atoms with van der Waals surface area (Å²) in [7, 11) is 0. The lowest BCUT2D eigenvalue weighted by atomic mass is 10.1. The number of nitrogens with one attached hydrogen (secondary N) is 2. The molecule has 1 heterocycles. The van der Waals surface area contributed by atoms with E-state index >= 15 is 0 Å². The van der Waals surface area contributed by atoms with Crippen LogP contribution in [0.4, 0.5) is 16.2 Å². The van der Waals surface area contributed by atoms with E-state index in [2.05, 4.69) is 10.6 Å². The lowest BCUT2D eigenvalue weighted by Crippen LogP contribution is -2.35. The number of imide groups is 1. The zero-order valence-corrected chi connectivity index (χ0v) is 15.5. The highest BCUT2D eigenvalue weighted by Crippen LogP contribution is 2.30. The summed E-state index contributed by atoms with van der Waals surface area (Å²) in [5.41, 5.74) is 1.24. The molecule has 0 aromatic heterocycles. The highest BCUT2D eigenvalue weighted by Gasteiger charge is 2.37. The molecule has 3 rings (SSSR count). The number of fused-ring (bicyclic) bond motifs is 1. The average molecular weight is 392 g/mol. The van der Waals surface area contributed by atoms with Gasteiger partial charge in [0.25, 0.3) is 11.8 Å². The molecular formula is C18H15Cl2N3O3. The summed E-state index contributed by atoms with van der Waals surface area (Å²) in [6, 6.07) is 8.61. The third-order valence-electron chi connectivity index (χ3n) is 3.89. The van der Waals surface area contributed by atoms with Crippen LogP contribution in [0, 0.1) is 0 Å². The summed E-state index contributed by atoms with van der Waals surface area (Å²) in [5.74, 6) is -0.711. The first-order chi connectivity index (χ1) is 12.3. The Morgan fingerprint density at radius 1 is 0.962 bits per heavy atom. The summed E-state index contributed by atoms with van der Waals surface area (Å²) >= 11 is 12.0. The van der Waals surface area contributed by atoms with Gasteiger partial charge in [0.1, 0.15) is 0 Å². The smallest absolute Gasteiger partial charge is 0.308 e. The summed E-state index contributed by atoms with van der Waals surface area (Å²) in [5, 5.41) is 5.77. The maximum absolute atomic E-state index is 12.4. The van der Waals surface area contributed by atoms with Crippen LogP contribution < -0.4 is 10.6 Å². The molecule has 134 valence electrons. The molecule has 0 saturated carbocycles. The molecule has 26 heavy (non-hydrogen) atoms. The van der Waals surface area contributed by atoms with Crippen molar-refractivity contribution in [1.82, 2.24) is 4.90 Å². The number of benzene rings is 2. The van der Waals surface area contributed by atoms with Crippen LogP contribution in [0.2, 0.25) is 10.0 Å². The maximum Gasteiger partial charge on any atom is 0.323 e. The molecule has 0 fully saturated rings. The molecule has 8 heteroatoms. The van der Waals surface area contributed by atoms with Gasteiger partial charge in [-0.25, -0.2) is 4.79 Å². The second-order valence-corrected chi connectivity index (χ2v) is 6.82. The van der Waals surface area contributed by atoms with E-state index in [9.17, 15) is 14.4 Å². The van der Waals surface area contributed by atoms with Gasteiger partial charge in [0.2, 0.25) is 0 Å². The Morgan fingerprint density at radius 2 is 1.58 bits per heavy atom. The Kier molecular flexibility index (Phi) is 4.89. The molecule has 1 aliphatic rings. The Hall–Kier alpha value is -2.57. The van der Waals surface area contributed by atoms with Crippen molar-refractivity contribution in [3.63, 3.8) is 0 Å². The standard InChI is InChI=1S/C18H15Cl2N3O3/c1-9(2)23-16(24)11-7-6-10(8-12(11)17(23)25)21-18(26)22-15-13(19)4-3-5-14(15)20/h3-9H,1-2H3,(H2,21,22,26). The van der Waals surface area contributed by atoms with E-state index in [1.807, 2.05) is 0 Å². The number of carbonyl (C=O) groups is 3. The summed E-state index contributed by atoms with van der Waals surface area (Å²) < 4.78 is 0. The number of rotatable bonds is 3. The molecule has 2 N–H and O–H groups in total. The number of para-hydroxylation sites is 1. The SMILES string of the molecule is CC(C)N1C(=O)c2ccc(NC(=O)Nc3c(Cl)cccc3Cl)cc2C1=O. The van der Waals surface area contributed by atoms with Crippen LogP contribution in [0.25, 0.3) is 0 Å². The number of hydrogen-bond donors (Lipinski definition) is 2. The van der Waals surface area contributed by atoms with Crippen LogP contribution >= 0.6 is 23.2 Å². The zero-order valence-electron chi connectivity index (χ0n) is 14.0. The fraction of sp³-hybridized carbons (Fsp3) is 0.167. The van der Waals surface area contributed by atoms with Gasteiger partial charge in [0.15, 0.2) is 0 Å². The van der Waals surface area contributed by atoms with Crippen molar-refractivity contribution in [2.24, 2.45) is 0 Å². The number of carbonyl (C=O) groups excluding carboxylic acids is 3. The zero-order chi connectivity index (χ0) is 19.0. The molecule has 0 bridgehead atoms. The first kappa shape index (κ1) is 18.2. The van der Waals surface area contributed by atoms with Crippen molar-refractivity contribution in [3.05, 3.63) is 57.6 Å². The Morgan fingerprint density at radius 3 is 2.19 bits per heavy atom.